The van der Waals surface area contributed by atoms with Crippen LogP contribution in [0.25, 0.3) is 0 Å². The van der Waals surface area contributed by atoms with Gasteiger partial charge >= 0.3 is 6.03 Å². The van der Waals surface area contributed by atoms with Crippen molar-refractivity contribution in [1.82, 2.24) is 9.80 Å². The van der Waals surface area contributed by atoms with Crippen LogP contribution in [0.1, 0.15) is 25.3 Å². The maximum Gasteiger partial charge on any atom is 0.321 e. The fraction of sp³-hybridized carbons (Fsp3) is 0.556. The Bertz CT molecular complexity index is 596. The number of nitrogens with two attached hydrogens (primary N) is 1. The van der Waals surface area contributed by atoms with Crippen LogP contribution < -0.4 is 11.1 Å². The molecule has 2 rings (SSSR count). The zero-order chi connectivity index (χ0) is 17.7. The molecule has 6 nitrogen and oxygen atoms in total. The molecule has 3 amide bonds. The highest BCUT2D eigenvalue weighted by molar-refractivity contribution is 5.90. The third-order valence-corrected chi connectivity index (χ3v) is 4.68. The van der Waals surface area contributed by atoms with Gasteiger partial charge in [0.1, 0.15) is 0 Å². The standard InChI is InChI=1S/C18H28N4O2.ClH/c1-13-6-4-8-16(10-13)20-18(24)22-9-5-7-15(12-22)17(23)21(3)14(2)11-19;/h4,6,8,10,14-15H,5,7,9,11-12,19H2,1-3H3,(H,20,24);1H. The van der Waals surface area contributed by atoms with E-state index in [4.69, 9.17) is 5.73 Å². The molecule has 140 valence electrons. The Balaban J connectivity index is 0.00000312. The van der Waals surface area contributed by atoms with Gasteiger partial charge in [-0.2, -0.15) is 0 Å². The molecule has 3 N–H and O–H groups in total. The summed E-state index contributed by atoms with van der Waals surface area (Å²) in [6, 6.07) is 7.56. The van der Waals surface area contributed by atoms with Gasteiger partial charge in [-0.25, -0.2) is 4.79 Å². The van der Waals surface area contributed by atoms with E-state index >= 15 is 0 Å². The van der Waals surface area contributed by atoms with Crippen molar-refractivity contribution in [1.29, 1.82) is 0 Å². The second kappa shape index (κ2) is 9.63. The molecule has 0 aromatic heterocycles. The van der Waals surface area contributed by atoms with Crippen molar-refractivity contribution in [2.24, 2.45) is 11.7 Å². The zero-order valence-electron chi connectivity index (χ0n) is 15.2. The number of rotatable bonds is 4. The van der Waals surface area contributed by atoms with Gasteiger partial charge in [-0.3, -0.25) is 4.79 Å². The first-order valence-electron chi connectivity index (χ1n) is 8.51. The number of amides is 3. The lowest BCUT2D eigenvalue weighted by molar-refractivity contribution is -0.137. The minimum atomic E-state index is -0.152. The lowest BCUT2D eigenvalue weighted by atomic mass is 9.96. The first-order valence-corrected chi connectivity index (χ1v) is 8.51. The molecule has 1 aliphatic rings. The molecule has 1 aliphatic heterocycles. The number of urea groups is 1. The number of aryl methyl sites for hydroxylation is 1. The molecule has 1 aromatic carbocycles. The molecule has 0 spiro atoms. The zero-order valence-corrected chi connectivity index (χ0v) is 16.0. The smallest absolute Gasteiger partial charge is 0.321 e. The summed E-state index contributed by atoms with van der Waals surface area (Å²) in [5.74, 6) is -0.0815. The molecule has 1 heterocycles. The number of likely N-dealkylation sites (tertiary alicyclic amines) is 1. The summed E-state index contributed by atoms with van der Waals surface area (Å²) in [6.07, 6.45) is 1.65. The van der Waals surface area contributed by atoms with Crippen molar-refractivity contribution in [3.8, 4) is 0 Å². The Labute approximate surface area is 156 Å². The third kappa shape index (κ3) is 5.61. The van der Waals surface area contributed by atoms with Crippen LogP contribution in [-0.2, 0) is 4.79 Å². The number of likely N-dealkylation sites (N-methyl/N-ethyl adjacent to an activating group) is 1. The topological polar surface area (TPSA) is 78.7 Å². The molecule has 2 atom stereocenters. The predicted octanol–water partition coefficient (Wildman–Crippen LogP) is 2.47. The summed E-state index contributed by atoms with van der Waals surface area (Å²) in [5, 5.41) is 2.92. The highest BCUT2D eigenvalue weighted by Gasteiger charge is 2.31. The van der Waals surface area contributed by atoms with E-state index in [2.05, 4.69) is 5.32 Å². The molecule has 0 aliphatic carbocycles. The number of nitrogens with zero attached hydrogens (tertiary/aromatic N) is 2. The monoisotopic (exact) mass is 368 g/mol. The molecule has 1 aromatic rings. The second-order valence-electron chi connectivity index (χ2n) is 6.62. The van der Waals surface area contributed by atoms with Crippen molar-refractivity contribution in [3.05, 3.63) is 29.8 Å². The van der Waals surface area contributed by atoms with Crippen molar-refractivity contribution in [3.63, 3.8) is 0 Å². The third-order valence-electron chi connectivity index (χ3n) is 4.68. The summed E-state index contributed by atoms with van der Waals surface area (Å²) in [7, 11) is 1.78. The molecule has 0 saturated carbocycles. The molecular formula is C18H29ClN4O2. The van der Waals surface area contributed by atoms with E-state index in [1.54, 1.807) is 16.8 Å². The average Bonchev–Trinajstić information content (AvgIpc) is 2.59. The fourth-order valence-electron chi connectivity index (χ4n) is 2.95. The molecule has 7 heteroatoms. The number of carbonyl (C=O) groups is 2. The summed E-state index contributed by atoms with van der Waals surface area (Å²) < 4.78 is 0. The number of hydrogen-bond donors (Lipinski definition) is 2. The second-order valence-corrected chi connectivity index (χ2v) is 6.62. The van der Waals surface area contributed by atoms with Gasteiger partial charge in [0, 0.05) is 38.4 Å². The highest BCUT2D eigenvalue weighted by atomic mass is 35.5. The Hall–Kier alpha value is -1.79. The van der Waals surface area contributed by atoms with Gasteiger partial charge in [0.05, 0.1) is 5.92 Å². The maximum absolute atomic E-state index is 12.6. The van der Waals surface area contributed by atoms with Crippen LogP contribution in [-0.4, -0.2) is 54.5 Å². The van der Waals surface area contributed by atoms with Gasteiger partial charge in [0.15, 0.2) is 0 Å². The summed E-state index contributed by atoms with van der Waals surface area (Å²) in [5.41, 5.74) is 7.52. The largest absolute Gasteiger partial charge is 0.341 e. The van der Waals surface area contributed by atoms with Crippen LogP contribution in [0.2, 0.25) is 0 Å². The van der Waals surface area contributed by atoms with Gasteiger partial charge in [0.25, 0.3) is 0 Å². The van der Waals surface area contributed by atoms with E-state index in [-0.39, 0.29) is 36.3 Å². The molecule has 1 saturated heterocycles. The number of halogens is 1. The normalized spacial score (nSPS) is 18.1. The Kier molecular flexibility index (Phi) is 8.19. The molecule has 2 unspecified atom stereocenters. The molecule has 0 radical (unpaired) electrons. The van der Waals surface area contributed by atoms with E-state index in [0.29, 0.717) is 19.6 Å². The molecule has 25 heavy (non-hydrogen) atoms. The lowest BCUT2D eigenvalue weighted by Crippen LogP contribution is -2.49. The van der Waals surface area contributed by atoms with E-state index in [0.717, 1.165) is 24.1 Å². The quantitative estimate of drug-likeness (QED) is 0.856. The van der Waals surface area contributed by atoms with Gasteiger partial charge in [-0.15, -0.1) is 12.4 Å². The summed E-state index contributed by atoms with van der Waals surface area (Å²) in [4.78, 5) is 28.5. The highest BCUT2D eigenvalue weighted by Crippen LogP contribution is 2.20. The van der Waals surface area contributed by atoms with Crippen LogP contribution in [0.15, 0.2) is 24.3 Å². The molecule has 1 fully saturated rings. The predicted molar refractivity (Wildman–Crippen MR) is 103 cm³/mol. The van der Waals surface area contributed by atoms with Gasteiger partial charge in [0.2, 0.25) is 5.91 Å². The fourth-order valence-corrected chi connectivity index (χ4v) is 2.95. The number of piperidine rings is 1. The van der Waals surface area contributed by atoms with E-state index in [9.17, 15) is 9.59 Å². The summed E-state index contributed by atoms with van der Waals surface area (Å²) >= 11 is 0. The minimum absolute atomic E-state index is 0. The number of nitrogens with one attached hydrogen (secondary N) is 1. The maximum atomic E-state index is 12.6. The van der Waals surface area contributed by atoms with Gasteiger partial charge in [-0.05, 0) is 44.4 Å². The van der Waals surface area contributed by atoms with Crippen LogP contribution in [0, 0.1) is 12.8 Å². The number of benzene rings is 1. The van der Waals surface area contributed by atoms with Crippen LogP contribution in [0.5, 0.6) is 0 Å². The Morgan fingerprint density at radius 3 is 2.80 bits per heavy atom. The Morgan fingerprint density at radius 1 is 1.44 bits per heavy atom. The van der Waals surface area contributed by atoms with Gasteiger partial charge in [-0.1, -0.05) is 12.1 Å². The van der Waals surface area contributed by atoms with Crippen molar-refractivity contribution in [2.45, 2.75) is 32.7 Å². The number of anilines is 1. The first-order chi connectivity index (χ1) is 11.4. The molecular weight excluding hydrogens is 340 g/mol. The van der Waals surface area contributed by atoms with Crippen molar-refractivity contribution in [2.75, 3.05) is 32.0 Å². The van der Waals surface area contributed by atoms with E-state index in [1.165, 1.54) is 0 Å². The van der Waals surface area contributed by atoms with E-state index < -0.39 is 0 Å². The lowest BCUT2D eigenvalue weighted by Gasteiger charge is -2.35. The van der Waals surface area contributed by atoms with E-state index in [1.807, 2.05) is 38.1 Å². The Morgan fingerprint density at radius 2 is 2.16 bits per heavy atom. The number of hydrogen-bond acceptors (Lipinski definition) is 3. The van der Waals surface area contributed by atoms with Crippen LogP contribution in [0.4, 0.5) is 10.5 Å². The minimum Gasteiger partial charge on any atom is -0.341 e. The van der Waals surface area contributed by atoms with Crippen molar-refractivity contribution >= 4 is 30.0 Å². The SMILES string of the molecule is Cc1cccc(NC(=O)N2CCCC(C(=O)N(C)C(C)CN)C2)c1.Cl. The average molecular weight is 369 g/mol. The molecule has 0 bridgehead atoms. The van der Waals surface area contributed by atoms with Crippen molar-refractivity contribution < 1.29 is 9.59 Å². The van der Waals surface area contributed by atoms with Crippen LogP contribution >= 0.6 is 12.4 Å². The first kappa shape index (κ1) is 21.3. The number of carbonyl (C=O) groups excluding carboxylic acids is 2. The van der Waals surface area contributed by atoms with Crippen LogP contribution in [0.3, 0.4) is 0 Å². The van der Waals surface area contributed by atoms with Gasteiger partial charge < -0.3 is 20.9 Å². The summed E-state index contributed by atoms with van der Waals surface area (Å²) in [6.45, 7) is 5.49.